The SMILES string of the molecule is C(=C\c1ccccn1)/c1ccncc1.C(=C\c1ccccn1)/c1ccncc1.[Mn+2].[N-]=C=S.[N-]=C=S.[OH3+].[OH3+]. The van der Waals surface area contributed by atoms with Gasteiger partial charge in [-0.1, -0.05) is 48.7 Å². The van der Waals surface area contributed by atoms with Crippen molar-refractivity contribution in [2.75, 3.05) is 0 Å². The van der Waals surface area contributed by atoms with Crippen molar-refractivity contribution in [2.24, 2.45) is 0 Å². The van der Waals surface area contributed by atoms with Crippen molar-refractivity contribution in [3.8, 4) is 0 Å². The second-order valence-corrected chi connectivity index (χ2v) is 6.28. The molecule has 0 saturated heterocycles. The first-order valence-corrected chi connectivity index (χ1v) is 10.6. The molecule has 0 amide bonds. The fraction of sp³-hybridized carbons (Fsp3) is 0. The Morgan fingerprint density at radius 1 is 0.541 bits per heavy atom. The second-order valence-electron chi connectivity index (χ2n) is 5.92. The van der Waals surface area contributed by atoms with Crippen LogP contribution in [0.3, 0.4) is 0 Å². The molecule has 0 unspecified atom stereocenters. The number of hydrogen-bond acceptors (Lipinski definition) is 6. The Hall–Kier alpha value is -3.88. The van der Waals surface area contributed by atoms with Crippen LogP contribution in [0.5, 0.6) is 0 Å². The van der Waals surface area contributed by atoms with E-state index in [1.54, 1.807) is 37.2 Å². The van der Waals surface area contributed by atoms with Crippen LogP contribution in [0.25, 0.3) is 35.1 Å². The summed E-state index contributed by atoms with van der Waals surface area (Å²) in [5, 5.41) is 16.9. The summed E-state index contributed by atoms with van der Waals surface area (Å²) in [5.41, 5.74) is 4.19. The maximum atomic E-state index is 7.13. The first-order valence-electron chi connectivity index (χ1n) is 9.74. The molecular weight excluding hydrogens is 547 g/mol. The van der Waals surface area contributed by atoms with Gasteiger partial charge in [0.15, 0.2) is 0 Å². The first kappa shape index (κ1) is 37.7. The quantitative estimate of drug-likeness (QED) is 0.148. The fourth-order valence-electron chi connectivity index (χ4n) is 2.26. The molecule has 37 heavy (non-hydrogen) atoms. The minimum Gasteiger partial charge on any atom is -0.753 e. The van der Waals surface area contributed by atoms with Crippen LogP contribution >= 0.6 is 24.4 Å². The molecule has 4 aromatic heterocycles. The monoisotopic (exact) mass is 573 g/mol. The molecule has 6 N–H and O–H groups in total. The van der Waals surface area contributed by atoms with E-state index in [4.69, 9.17) is 10.8 Å². The summed E-state index contributed by atoms with van der Waals surface area (Å²) >= 11 is 7.40. The Balaban J connectivity index is -0.000000483. The van der Waals surface area contributed by atoms with Gasteiger partial charge in [0.1, 0.15) is 0 Å². The van der Waals surface area contributed by atoms with Crippen molar-refractivity contribution in [1.29, 1.82) is 0 Å². The van der Waals surface area contributed by atoms with Gasteiger partial charge < -0.3 is 21.8 Å². The number of aromatic nitrogens is 4. The van der Waals surface area contributed by atoms with Gasteiger partial charge in [0.25, 0.3) is 0 Å². The molecule has 0 aliphatic carbocycles. The van der Waals surface area contributed by atoms with Crippen LogP contribution in [0.15, 0.2) is 97.8 Å². The van der Waals surface area contributed by atoms with E-state index >= 15 is 0 Å². The molecule has 0 saturated carbocycles. The first-order chi connectivity index (χ1) is 16.7. The summed E-state index contributed by atoms with van der Waals surface area (Å²) in [4.78, 5) is 16.3. The largest absolute Gasteiger partial charge is 2.00 e. The molecule has 0 bridgehead atoms. The average Bonchev–Trinajstić information content (AvgIpc) is 2.90. The fourth-order valence-corrected chi connectivity index (χ4v) is 2.26. The minimum absolute atomic E-state index is 0. The topological polar surface area (TPSA) is 162 Å². The molecule has 0 spiro atoms. The predicted molar refractivity (Wildman–Crippen MR) is 156 cm³/mol. The van der Waals surface area contributed by atoms with E-state index in [1.807, 2.05) is 85.0 Å². The number of rotatable bonds is 4. The van der Waals surface area contributed by atoms with Gasteiger partial charge in [0.2, 0.25) is 0 Å². The zero-order valence-electron chi connectivity index (χ0n) is 19.6. The van der Waals surface area contributed by atoms with Crippen molar-refractivity contribution in [3.05, 3.63) is 131 Å². The van der Waals surface area contributed by atoms with Gasteiger partial charge in [-0.25, -0.2) is 0 Å². The van der Waals surface area contributed by atoms with Crippen molar-refractivity contribution in [2.45, 2.75) is 0 Å². The van der Waals surface area contributed by atoms with Crippen LogP contribution in [0.4, 0.5) is 0 Å². The average molecular weight is 574 g/mol. The van der Waals surface area contributed by atoms with E-state index in [2.05, 4.69) is 44.4 Å². The van der Waals surface area contributed by atoms with Gasteiger partial charge in [-0.2, -0.15) is 10.3 Å². The number of hydrogen-bond donors (Lipinski definition) is 0. The van der Waals surface area contributed by atoms with Crippen molar-refractivity contribution < 1.29 is 28.0 Å². The van der Waals surface area contributed by atoms with Gasteiger partial charge in [0.05, 0.1) is 11.4 Å². The molecule has 189 valence electrons. The van der Waals surface area contributed by atoms with E-state index in [1.165, 1.54) is 10.3 Å². The third kappa shape index (κ3) is 20.1. The van der Waals surface area contributed by atoms with E-state index in [-0.39, 0.29) is 28.0 Å². The van der Waals surface area contributed by atoms with Gasteiger partial charge in [0, 0.05) is 37.2 Å². The molecule has 1 radical (unpaired) electrons. The van der Waals surface area contributed by atoms with Crippen LogP contribution < -0.4 is 0 Å². The Kier molecular flexibility index (Phi) is 27.2. The molecule has 0 aliphatic heterocycles. The zero-order chi connectivity index (χ0) is 24.7. The van der Waals surface area contributed by atoms with Gasteiger partial charge in [-0.15, -0.1) is 0 Å². The Labute approximate surface area is 237 Å². The smallest absolute Gasteiger partial charge is 0.753 e. The summed E-state index contributed by atoms with van der Waals surface area (Å²) in [6, 6.07) is 19.5. The van der Waals surface area contributed by atoms with Crippen molar-refractivity contribution in [1.82, 2.24) is 19.9 Å². The zero-order valence-corrected chi connectivity index (χ0v) is 22.4. The number of pyridine rings is 4. The summed E-state index contributed by atoms with van der Waals surface area (Å²) in [5.74, 6) is 0. The predicted octanol–water partition coefficient (Wildman–Crippen LogP) is 4.76. The number of thiocarbonyl (C=S) groups is 2. The Morgan fingerprint density at radius 2 is 0.865 bits per heavy atom. The van der Waals surface area contributed by atoms with Gasteiger partial charge in [-0.3, -0.25) is 19.9 Å². The van der Waals surface area contributed by atoms with E-state index in [9.17, 15) is 0 Å². The van der Waals surface area contributed by atoms with Crippen molar-refractivity contribution >= 4 is 59.1 Å². The van der Waals surface area contributed by atoms with Gasteiger partial charge >= 0.3 is 17.1 Å². The molecule has 0 atom stereocenters. The molecule has 0 fully saturated rings. The van der Waals surface area contributed by atoms with E-state index in [0.717, 1.165) is 22.5 Å². The van der Waals surface area contributed by atoms with Gasteiger partial charge in [-0.05, 0) is 71.8 Å². The molecule has 4 rings (SSSR count). The number of nitrogens with zero attached hydrogens (tertiary/aromatic N) is 6. The molecule has 8 nitrogen and oxygen atoms in total. The van der Waals surface area contributed by atoms with E-state index in [0.29, 0.717) is 0 Å². The van der Waals surface area contributed by atoms with E-state index < -0.39 is 0 Å². The van der Waals surface area contributed by atoms with Crippen LogP contribution in [-0.2, 0) is 28.0 Å². The van der Waals surface area contributed by atoms with Crippen LogP contribution in [0.2, 0.25) is 0 Å². The molecule has 11 heteroatoms. The normalized spacial score (nSPS) is 8.43. The van der Waals surface area contributed by atoms with Crippen LogP contribution in [0.1, 0.15) is 22.5 Å². The maximum absolute atomic E-state index is 7.13. The summed E-state index contributed by atoms with van der Waals surface area (Å²) < 4.78 is 0. The van der Waals surface area contributed by atoms with Crippen LogP contribution in [0, 0.1) is 0 Å². The minimum atomic E-state index is 0. The maximum Gasteiger partial charge on any atom is 2.00 e. The summed E-state index contributed by atoms with van der Waals surface area (Å²) in [6.45, 7) is 0. The molecule has 0 aliphatic rings. The molecule has 0 aromatic carbocycles. The third-order valence-electron chi connectivity index (χ3n) is 3.68. The Bertz CT molecular complexity index is 1010. The molecule has 4 aromatic rings. The Morgan fingerprint density at radius 3 is 1.14 bits per heavy atom. The summed E-state index contributed by atoms with van der Waals surface area (Å²) in [6.07, 6.45) is 18.7. The molecular formula is C26H26MnN6O2S2+2. The van der Waals surface area contributed by atoms with Crippen LogP contribution in [-0.4, -0.2) is 30.3 Å². The number of isothiocyanates is 2. The molecule has 4 heterocycles. The second kappa shape index (κ2) is 26.7. The summed E-state index contributed by atoms with van der Waals surface area (Å²) in [7, 11) is 0. The third-order valence-corrected chi connectivity index (χ3v) is 3.68. The van der Waals surface area contributed by atoms with Crippen molar-refractivity contribution in [3.63, 3.8) is 0 Å². The standard InChI is InChI=1S/2C12H10N2.2CNS.Mn.2H2O/c2*1-2-8-14-12(3-1)5-4-11-6-9-13-10-7-11;2*2-1-3;;;/h2*1-10H;;;;2*1H2/q;;2*-1;+2;;/p+2/b2*5-4+;;;;;.